The molecule has 1 heterocycles. The normalized spacial score (nSPS) is 17.6. The van der Waals surface area contributed by atoms with Crippen LogP contribution in [0.1, 0.15) is 49.1 Å². The SMILES string of the molecule is Cc1c(O)nc(C2(c3ccccc3)CCCCC2)[nH]c1=O. The largest absolute Gasteiger partial charge is 0.493 e. The summed E-state index contributed by atoms with van der Waals surface area (Å²) < 4.78 is 0. The number of hydrogen-bond donors (Lipinski definition) is 2. The minimum atomic E-state index is -0.288. The van der Waals surface area contributed by atoms with Crippen molar-refractivity contribution in [1.82, 2.24) is 9.97 Å². The van der Waals surface area contributed by atoms with Crippen LogP contribution in [0.2, 0.25) is 0 Å². The molecule has 0 saturated heterocycles. The van der Waals surface area contributed by atoms with E-state index in [-0.39, 0.29) is 22.4 Å². The lowest BCUT2D eigenvalue weighted by molar-refractivity contribution is 0.323. The number of H-pyrrole nitrogens is 1. The molecule has 1 fully saturated rings. The van der Waals surface area contributed by atoms with E-state index in [9.17, 15) is 9.90 Å². The van der Waals surface area contributed by atoms with Gasteiger partial charge < -0.3 is 10.1 Å². The molecule has 110 valence electrons. The molecular formula is C17H20N2O2. The second kappa shape index (κ2) is 5.35. The van der Waals surface area contributed by atoms with Crippen LogP contribution < -0.4 is 5.56 Å². The van der Waals surface area contributed by atoms with Gasteiger partial charge in [-0.15, -0.1) is 0 Å². The summed E-state index contributed by atoms with van der Waals surface area (Å²) in [5.41, 5.74) is 0.899. The molecule has 1 aromatic carbocycles. The number of nitrogens with zero attached hydrogens (tertiary/aromatic N) is 1. The monoisotopic (exact) mass is 284 g/mol. The van der Waals surface area contributed by atoms with Crippen LogP contribution in [0.4, 0.5) is 0 Å². The van der Waals surface area contributed by atoms with E-state index in [2.05, 4.69) is 22.1 Å². The van der Waals surface area contributed by atoms with Crippen LogP contribution in [0.3, 0.4) is 0 Å². The van der Waals surface area contributed by atoms with Crippen molar-refractivity contribution in [2.24, 2.45) is 0 Å². The van der Waals surface area contributed by atoms with Crippen LogP contribution in [0.25, 0.3) is 0 Å². The molecule has 1 saturated carbocycles. The molecule has 0 unspecified atom stereocenters. The molecular weight excluding hydrogens is 264 g/mol. The third-order valence-corrected chi connectivity index (χ3v) is 4.61. The third kappa shape index (κ3) is 2.35. The Balaban J connectivity index is 2.19. The van der Waals surface area contributed by atoms with Crippen molar-refractivity contribution in [3.05, 3.63) is 57.6 Å². The number of rotatable bonds is 2. The molecule has 3 rings (SSSR count). The van der Waals surface area contributed by atoms with Crippen LogP contribution in [0.15, 0.2) is 35.1 Å². The molecule has 0 spiro atoms. The summed E-state index contributed by atoms with van der Waals surface area (Å²) in [6, 6.07) is 10.2. The Labute approximate surface area is 123 Å². The summed E-state index contributed by atoms with van der Waals surface area (Å²) in [4.78, 5) is 19.2. The molecule has 1 aliphatic rings. The molecule has 4 nitrogen and oxygen atoms in total. The van der Waals surface area contributed by atoms with Crippen molar-refractivity contribution in [3.63, 3.8) is 0 Å². The Morgan fingerprint density at radius 3 is 2.43 bits per heavy atom. The molecule has 4 heteroatoms. The van der Waals surface area contributed by atoms with Gasteiger partial charge in [0.05, 0.1) is 11.0 Å². The first-order chi connectivity index (χ1) is 10.1. The standard InChI is InChI=1S/C17H20N2O2/c1-12-14(20)18-16(19-15(12)21)17(10-6-3-7-11-17)13-8-4-2-5-9-13/h2,4-5,8-9H,3,6-7,10-11H2,1H3,(H2,18,19,20,21). The van der Waals surface area contributed by atoms with Crippen molar-refractivity contribution in [1.29, 1.82) is 0 Å². The molecule has 21 heavy (non-hydrogen) atoms. The van der Waals surface area contributed by atoms with Crippen molar-refractivity contribution in [2.45, 2.75) is 44.4 Å². The number of aromatic amines is 1. The Morgan fingerprint density at radius 1 is 1.14 bits per heavy atom. The van der Waals surface area contributed by atoms with E-state index < -0.39 is 0 Å². The molecule has 0 aliphatic heterocycles. The molecule has 0 bridgehead atoms. The fourth-order valence-corrected chi connectivity index (χ4v) is 3.32. The van der Waals surface area contributed by atoms with E-state index in [1.165, 1.54) is 6.42 Å². The molecule has 1 aliphatic carbocycles. The van der Waals surface area contributed by atoms with Gasteiger partial charge in [0, 0.05) is 0 Å². The topological polar surface area (TPSA) is 66.0 Å². The van der Waals surface area contributed by atoms with Gasteiger partial charge in [-0.25, -0.2) is 0 Å². The summed E-state index contributed by atoms with van der Waals surface area (Å²) in [6.45, 7) is 1.58. The highest BCUT2D eigenvalue weighted by atomic mass is 16.3. The Morgan fingerprint density at radius 2 is 1.81 bits per heavy atom. The van der Waals surface area contributed by atoms with Crippen LogP contribution in [-0.4, -0.2) is 15.1 Å². The van der Waals surface area contributed by atoms with Crippen molar-refractivity contribution >= 4 is 0 Å². The average molecular weight is 284 g/mol. The minimum Gasteiger partial charge on any atom is -0.493 e. The summed E-state index contributed by atoms with van der Waals surface area (Å²) in [6.07, 6.45) is 5.31. The highest BCUT2D eigenvalue weighted by Gasteiger charge is 2.38. The van der Waals surface area contributed by atoms with Gasteiger partial charge in [-0.2, -0.15) is 4.98 Å². The second-order valence-electron chi connectivity index (χ2n) is 5.87. The highest BCUT2D eigenvalue weighted by Crippen LogP contribution is 2.43. The van der Waals surface area contributed by atoms with E-state index in [1.54, 1.807) is 6.92 Å². The quantitative estimate of drug-likeness (QED) is 0.890. The fourth-order valence-electron chi connectivity index (χ4n) is 3.32. The van der Waals surface area contributed by atoms with Gasteiger partial charge in [-0.1, -0.05) is 49.6 Å². The van der Waals surface area contributed by atoms with Gasteiger partial charge in [-0.3, -0.25) is 4.79 Å². The summed E-state index contributed by atoms with van der Waals surface area (Å²) >= 11 is 0. The first kappa shape index (κ1) is 13.9. The van der Waals surface area contributed by atoms with Gasteiger partial charge in [0.1, 0.15) is 5.82 Å². The fraction of sp³-hybridized carbons (Fsp3) is 0.412. The van der Waals surface area contributed by atoms with Crippen LogP contribution >= 0.6 is 0 Å². The predicted molar refractivity (Wildman–Crippen MR) is 81.6 cm³/mol. The van der Waals surface area contributed by atoms with E-state index in [0.29, 0.717) is 5.82 Å². The Hall–Kier alpha value is -2.10. The Bertz CT molecular complexity index is 686. The maximum absolute atomic E-state index is 12.0. The first-order valence-corrected chi connectivity index (χ1v) is 7.49. The summed E-state index contributed by atoms with van der Waals surface area (Å²) in [7, 11) is 0. The zero-order valence-electron chi connectivity index (χ0n) is 12.2. The summed E-state index contributed by atoms with van der Waals surface area (Å²) in [5.74, 6) is 0.441. The van der Waals surface area contributed by atoms with E-state index in [4.69, 9.17) is 0 Å². The predicted octanol–water partition coefficient (Wildman–Crippen LogP) is 3.03. The van der Waals surface area contributed by atoms with Gasteiger partial charge in [-0.05, 0) is 25.3 Å². The zero-order chi connectivity index (χ0) is 14.9. The lowest BCUT2D eigenvalue weighted by Crippen LogP contribution is -2.34. The maximum Gasteiger partial charge on any atom is 0.257 e. The Kier molecular flexibility index (Phi) is 3.53. The van der Waals surface area contributed by atoms with Gasteiger partial charge in [0.2, 0.25) is 5.88 Å². The summed E-state index contributed by atoms with van der Waals surface area (Å²) in [5, 5.41) is 9.94. The third-order valence-electron chi connectivity index (χ3n) is 4.61. The number of aromatic hydroxyl groups is 1. The zero-order valence-corrected chi connectivity index (χ0v) is 12.2. The minimum absolute atomic E-state index is 0.158. The molecule has 2 N–H and O–H groups in total. The lowest BCUT2D eigenvalue weighted by atomic mass is 9.68. The highest BCUT2D eigenvalue weighted by molar-refractivity contribution is 5.35. The van der Waals surface area contributed by atoms with E-state index >= 15 is 0 Å². The number of benzene rings is 1. The number of aromatic nitrogens is 2. The smallest absolute Gasteiger partial charge is 0.257 e. The average Bonchev–Trinajstić information content (AvgIpc) is 2.53. The van der Waals surface area contributed by atoms with Crippen LogP contribution in [0.5, 0.6) is 5.88 Å². The molecule has 0 radical (unpaired) electrons. The lowest BCUT2D eigenvalue weighted by Gasteiger charge is -2.36. The molecule has 0 amide bonds. The molecule has 2 aromatic rings. The van der Waals surface area contributed by atoms with Gasteiger partial charge in [0.25, 0.3) is 5.56 Å². The van der Waals surface area contributed by atoms with Crippen LogP contribution in [0, 0.1) is 6.92 Å². The maximum atomic E-state index is 12.0. The first-order valence-electron chi connectivity index (χ1n) is 7.49. The second-order valence-corrected chi connectivity index (χ2v) is 5.87. The number of hydrogen-bond acceptors (Lipinski definition) is 3. The van der Waals surface area contributed by atoms with E-state index in [0.717, 1.165) is 31.2 Å². The van der Waals surface area contributed by atoms with E-state index in [1.807, 2.05) is 18.2 Å². The van der Waals surface area contributed by atoms with Gasteiger partial charge >= 0.3 is 0 Å². The van der Waals surface area contributed by atoms with Crippen LogP contribution in [-0.2, 0) is 5.41 Å². The van der Waals surface area contributed by atoms with Crippen molar-refractivity contribution < 1.29 is 5.11 Å². The molecule has 1 aromatic heterocycles. The molecule has 0 atom stereocenters. The van der Waals surface area contributed by atoms with Crippen molar-refractivity contribution in [3.8, 4) is 5.88 Å². The van der Waals surface area contributed by atoms with Crippen molar-refractivity contribution in [2.75, 3.05) is 0 Å². The van der Waals surface area contributed by atoms with Gasteiger partial charge in [0.15, 0.2) is 0 Å². The number of nitrogens with one attached hydrogen (secondary N) is 1.